The van der Waals surface area contributed by atoms with Crippen LogP contribution in [0.4, 0.5) is 4.39 Å². The number of carbonyl (C=O) groups is 1. The van der Waals surface area contributed by atoms with E-state index in [9.17, 15) is 14.0 Å². The summed E-state index contributed by atoms with van der Waals surface area (Å²) < 4.78 is 15.2. The van der Waals surface area contributed by atoms with E-state index in [1.165, 1.54) is 34.3 Å². The van der Waals surface area contributed by atoms with Crippen LogP contribution < -0.4 is 5.56 Å². The van der Waals surface area contributed by atoms with Crippen molar-refractivity contribution in [3.8, 4) is 0 Å². The Bertz CT molecular complexity index is 1170. The molecule has 2 heterocycles. The van der Waals surface area contributed by atoms with Gasteiger partial charge in [-0.05, 0) is 55.9 Å². The molecule has 0 radical (unpaired) electrons. The molecule has 5 nitrogen and oxygen atoms in total. The van der Waals surface area contributed by atoms with Crippen molar-refractivity contribution in [2.45, 2.75) is 57.8 Å². The first kappa shape index (κ1) is 22.0. The molecular weight excluding hydrogens is 433 g/mol. The molecule has 1 aliphatic carbocycles. The molecule has 0 aliphatic heterocycles. The lowest BCUT2D eigenvalue weighted by atomic mass is 10.2. The first-order valence-corrected chi connectivity index (χ1v) is 12.5. The van der Waals surface area contributed by atoms with Gasteiger partial charge in [0.2, 0.25) is 5.91 Å². The van der Waals surface area contributed by atoms with E-state index in [1.54, 1.807) is 26.9 Å². The van der Waals surface area contributed by atoms with E-state index in [0.29, 0.717) is 24.8 Å². The van der Waals surface area contributed by atoms with Gasteiger partial charge in [0.05, 0.1) is 11.1 Å². The Morgan fingerprint density at radius 2 is 2.16 bits per heavy atom. The van der Waals surface area contributed by atoms with Crippen LogP contribution in [0.15, 0.2) is 34.2 Å². The summed E-state index contributed by atoms with van der Waals surface area (Å²) >= 11 is 2.94. The maximum absolute atomic E-state index is 13.5. The second-order valence-electron chi connectivity index (χ2n) is 7.72. The minimum absolute atomic E-state index is 0.0216. The monoisotopic (exact) mass is 459 g/mol. The number of benzene rings is 1. The molecule has 1 aromatic carbocycles. The molecule has 4 rings (SSSR count). The van der Waals surface area contributed by atoms with Gasteiger partial charge in [-0.25, -0.2) is 9.37 Å². The topological polar surface area (TPSA) is 55.2 Å². The van der Waals surface area contributed by atoms with Gasteiger partial charge in [0, 0.05) is 24.5 Å². The lowest BCUT2D eigenvalue weighted by molar-refractivity contribution is -0.128. The molecule has 0 saturated heterocycles. The van der Waals surface area contributed by atoms with Gasteiger partial charge in [-0.3, -0.25) is 14.2 Å². The minimum atomic E-state index is -0.306. The van der Waals surface area contributed by atoms with Crippen LogP contribution in [0.25, 0.3) is 10.2 Å². The van der Waals surface area contributed by atoms with E-state index in [0.717, 1.165) is 41.5 Å². The first-order valence-electron chi connectivity index (χ1n) is 10.7. The van der Waals surface area contributed by atoms with Crippen LogP contribution in [0.2, 0.25) is 0 Å². The lowest BCUT2D eigenvalue weighted by Gasteiger charge is -2.21. The third kappa shape index (κ3) is 4.55. The van der Waals surface area contributed by atoms with E-state index < -0.39 is 0 Å². The molecule has 0 bridgehead atoms. The fraction of sp³-hybridized carbons (Fsp3) is 0.435. The van der Waals surface area contributed by atoms with Crippen LogP contribution >= 0.6 is 23.1 Å². The van der Waals surface area contributed by atoms with E-state index in [2.05, 4.69) is 0 Å². The maximum Gasteiger partial charge on any atom is 0.263 e. The zero-order valence-electron chi connectivity index (χ0n) is 17.8. The molecule has 164 valence electrons. The van der Waals surface area contributed by atoms with Crippen LogP contribution in [0.1, 0.15) is 42.7 Å². The molecular formula is C23H26FN3O2S2. The number of thiophene rings is 1. The number of thioether (sulfide) groups is 1. The largest absolute Gasteiger partial charge is 0.338 e. The van der Waals surface area contributed by atoms with E-state index in [-0.39, 0.29) is 23.0 Å². The van der Waals surface area contributed by atoms with Crippen molar-refractivity contribution in [1.82, 2.24) is 14.5 Å². The smallest absolute Gasteiger partial charge is 0.263 e. The van der Waals surface area contributed by atoms with Crippen LogP contribution in [-0.4, -0.2) is 32.7 Å². The second-order valence-corrected chi connectivity index (χ2v) is 9.74. The zero-order chi connectivity index (χ0) is 22.0. The standard InChI is InChI=1S/C23H26FN3O2S2/c1-3-11-27-22(29)20-17-9-6-10-18(17)31-21(20)25-23(27)30-14-19(28)26(4-2)13-15-7-5-8-16(24)12-15/h5,7-8,12H,3-4,6,9-11,13-14H2,1-2H3. The Balaban J connectivity index is 1.55. The van der Waals surface area contributed by atoms with Gasteiger partial charge in [-0.15, -0.1) is 11.3 Å². The van der Waals surface area contributed by atoms with Gasteiger partial charge >= 0.3 is 0 Å². The summed E-state index contributed by atoms with van der Waals surface area (Å²) in [5.74, 6) is -0.169. The van der Waals surface area contributed by atoms with Crippen molar-refractivity contribution in [2.75, 3.05) is 12.3 Å². The summed E-state index contributed by atoms with van der Waals surface area (Å²) in [5.41, 5.74) is 1.96. The van der Waals surface area contributed by atoms with Crippen LogP contribution in [-0.2, 0) is 30.7 Å². The molecule has 0 fully saturated rings. The first-order chi connectivity index (χ1) is 15.0. The Morgan fingerprint density at radius 3 is 2.90 bits per heavy atom. The summed E-state index contributed by atoms with van der Waals surface area (Å²) in [6.45, 7) is 5.42. The summed E-state index contributed by atoms with van der Waals surface area (Å²) in [6, 6.07) is 6.31. The zero-order valence-corrected chi connectivity index (χ0v) is 19.5. The molecule has 31 heavy (non-hydrogen) atoms. The summed E-state index contributed by atoms with van der Waals surface area (Å²) in [6.07, 6.45) is 3.90. The third-order valence-corrected chi connectivity index (χ3v) is 7.71. The number of carbonyl (C=O) groups excluding carboxylic acids is 1. The number of aromatic nitrogens is 2. The second kappa shape index (κ2) is 9.53. The van der Waals surface area contributed by atoms with Crippen LogP contribution in [0.5, 0.6) is 0 Å². The van der Waals surface area contributed by atoms with Crippen LogP contribution in [0, 0.1) is 5.82 Å². The van der Waals surface area contributed by atoms with E-state index in [4.69, 9.17) is 4.98 Å². The van der Waals surface area contributed by atoms with Gasteiger partial charge in [0.15, 0.2) is 5.16 Å². The normalized spacial score (nSPS) is 13.0. The molecule has 1 amide bonds. The Morgan fingerprint density at radius 1 is 1.32 bits per heavy atom. The van der Waals surface area contributed by atoms with Gasteiger partial charge in [-0.1, -0.05) is 30.8 Å². The van der Waals surface area contributed by atoms with Crippen molar-refractivity contribution in [1.29, 1.82) is 0 Å². The molecule has 0 spiro atoms. The average Bonchev–Trinajstić information content (AvgIpc) is 3.33. The van der Waals surface area contributed by atoms with Crippen molar-refractivity contribution in [3.05, 3.63) is 56.4 Å². The Labute approximate surface area is 189 Å². The highest BCUT2D eigenvalue weighted by Gasteiger charge is 2.24. The van der Waals surface area contributed by atoms with Crippen molar-refractivity contribution in [2.24, 2.45) is 0 Å². The molecule has 0 unspecified atom stereocenters. The number of rotatable bonds is 8. The summed E-state index contributed by atoms with van der Waals surface area (Å²) in [4.78, 5) is 34.7. The number of amides is 1. The number of fused-ring (bicyclic) bond motifs is 3. The highest BCUT2D eigenvalue weighted by atomic mass is 32.2. The lowest BCUT2D eigenvalue weighted by Crippen LogP contribution is -2.32. The molecule has 3 aromatic rings. The fourth-order valence-corrected chi connectivity index (χ4v) is 6.27. The molecule has 0 saturated carbocycles. The number of aryl methyl sites for hydroxylation is 2. The number of hydrogen-bond acceptors (Lipinski definition) is 5. The van der Waals surface area contributed by atoms with Crippen molar-refractivity contribution in [3.63, 3.8) is 0 Å². The van der Waals surface area contributed by atoms with E-state index >= 15 is 0 Å². The van der Waals surface area contributed by atoms with Crippen molar-refractivity contribution < 1.29 is 9.18 Å². The Hall–Kier alpha value is -2.19. The molecule has 2 aromatic heterocycles. The fourth-order valence-electron chi connectivity index (χ4n) is 4.04. The number of hydrogen-bond donors (Lipinski definition) is 0. The quantitative estimate of drug-likeness (QED) is 0.364. The van der Waals surface area contributed by atoms with Gasteiger partial charge in [0.1, 0.15) is 10.6 Å². The SMILES string of the molecule is CCCn1c(SCC(=O)N(CC)Cc2cccc(F)c2)nc2sc3c(c2c1=O)CCC3. The van der Waals surface area contributed by atoms with Crippen LogP contribution in [0.3, 0.4) is 0 Å². The average molecular weight is 460 g/mol. The van der Waals surface area contributed by atoms with E-state index in [1.807, 2.05) is 19.9 Å². The molecule has 8 heteroatoms. The highest BCUT2D eigenvalue weighted by molar-refractivity contribution is 7.99. The van der Waals surface area contributed by atoms with Crippen molar-refractivity contribution >= 4 is 39.2 Å². The highest BCUT2D eigenvalue weighted by Crippen LogP contribution is 2.35. The molecule has 0 N–H and O–H groups in total. The predicted molar refractivity (Wildman–Crippen MR) is 124 cm³/mol. The Kier molecular flexibility index (Phi) is 6.77. The maximum atomic E-state index is 13.5. The number of halogens is 1. The van der Waals surface area contributed by atoms with Gasteiger partial charge in [0.25, 0.3) is 5.56 Å². The van der Waals surface area contributed by atoms with Gasteiger partial charge in [-0.2, -0.15) is 0 Å². The predicted octanol–water partition coefficient (Wildman–Crippen LogP) is 4.64. The van der Waals surface area contributed by atoms with Gasteiger partial charge < -0.3 is 4.90 Å². The third-order valence-electron chi connectivity index (χ3n) is 5.56. The summed E-state index contributed by atoms with van der Waals surface area (Å²) in [5, 5.41) is 1.39. The molecule has 0 atom stereocenters. The summed E-state index contributed by atoms with van der Waals surface area (Å²) in [7, 11) is 0. The number of nitrogens with zero attached hydrogens (tertiary/aromatic N) is 3. The minimum Gasteiger partial charge on any atom is -0.338 e. The molecule has 1 aliphatic rings.